The number of benzene rings is 2. The minimum atomic E-state index is -0.938. The fourth-order valence-electron chi connectivity index (χ4n) is 2.65. The number of carbonyl (C=O) groups is 1. The number of ether oxygens (including phenoxy) is 2. The van der Waals surface area contributed by atoms with E-state index >= 15 is 0 Å². The molecule has 6 heteroatoms. The SMILES string of the molecule is CC(=O)N(Cc1ccccc1OCF)c1cnccc1Oc1ccccc1. The summed E-state index contributed by atoms with van der Waals surface area (Å²) in [6.07, 6.45) is 3.17. The zero-order chi connectivity index (χ0) is 19.1. The predicted octanol–water partition coefficient (Wildman–Crippen LogP) is 4.73. The van der Waals surface area contributed by atoms with E-state index in [4.69, 9.17) is 9.47 Å². The van der Waals surface area contributed by atoms with Crippen LogP contribution < -0.4 is 14.4 Å². The molecular formula is C21H19FN2O3. The lowest BCUT2D eigenvalue weighted by Gasteiger charge is -2.24. The van der Waals surface area contributed by atoms with Crippen molar-refractivity contribution < 1.29 is 18.7 Å². The first-order chi connectivity index (χ1) is 13.2. The second-order valence-electron chi connectivity index (χ2n) is 5.72. The number of nitrogens with zero attached hydrogens (tertiary/aromatic N) is 2. The molecule has 0 atom stereocenters. The molecule has 3 rings (SSSR count). The van der Waals surface area contributed by atoms with E-state index in [1.54, 1.807) is 36.7 Å². The van der Waals surface area contributed by atoms with Gasteiger partial charge in [0.25, 0.3) is 0 Å². The maximum atomic E-state index is 12.7. The Kier molecular flexibility index (Phi) is 5.99. The van der Waals surface area contributed by atoms with E-state index in [1.165, 1.54) is 11.8 Å². The van der Waals surface area contributed by atoms with Crippen LogP contribution in [0.1, 0.15) is 12.5 Å². The van der Waals surface area contributed by atoms with Crippen LogP contribution in [0, 0.1) is 0 Å². The standard InChI is InChI=1S/C21H19FN2O3/c1-16(25)24(14-17-7-5-6-10-20(17)26-15-22)19-13-23-12-11-21(19)27-18-8-3-2-4-9-18/h2-13H,14-15H2,1H3. The van der Waals surface area contributed by atoms with Gasteiger partial charge in [0, 0.05) is 24.8 Å². The van der Waals surface area contributed by atoms with Gasteiger partial charge >= 0.3 is 0 Å². The Balaban J connectivity index is 1.93. The lowest BCUT2D eigenvalue weighted by molar-refractivity contribution is -0.116. The van der Waals surface area contributed by atoms with Gasteiger partial charge in [0.05, 0.1) is 12.7 Å². The highest BCUT2D eigenvalue weighted by molar-refractivity contribution is 5.93. The number of hydrogen-bond acceptors (Lipinski definition) is 4. The van der Waals surface area contributed by atoms with Gasteiger partial charge in [0.1, 0.15) is 17.2 Å². The van der Waals surface area contributed by atoms with Gasteiger partial charge in [-0.25, -0.2) is 4.39 Å². The van der Waals surface area contributed by atoms with Crippen LogP contribution in [0.25, 0.3) is 0 Å². The monoisotopic (exact) mass is 366 g/mol. The minimum absolute atomic E-state index is 0.197. The third-order valence-corrected chi connectivity index (χ3v) is 3.91. The van der Waals surface area contributed by atoms with Crippen molar-refractivity contribution in [2.24, 2.45) is 0 Å². The summed E-state index contributed by atoms with van der Waals surface area (Å²) >= 11 is 0. The number of hydrogen-bond donors (Lipinski definition) is 0. The molecule has 0 aliphatic carbocycles. The largest absolute Gasteiger partial charge is 0.463 e. The minimum Gasteiger partial charge on any atom is -0.463 e. The smallest absolute Gasteiger partial charge is 0.228 e. The summed E-state index contributed by atoms with van der Waals surface area (Å²) in [6.45, 7) is 0.715. The molecule has 0 fully saturated rings. The first-order valence-corrected chi connectivity index (χ1v) is 8.40. The average molecular weight is 366 g/mol. The lowest BCUT2D eigenvalue weighted by Crippen LogP contribution is -2.28. The Morgan fingerprint density at radius 2 is 1.78 bits per heavy atom. The molecule has 27 heavy (non-hydrogen) atoms. The van der Waals surface area contributed by atoms with Gasteiger partial charge in [-0.2, -0.15) is 0 Å². The van der Waals surface area contributed by atoms with Gasteiger partial charge in [-0.3, -0.25) is 9.78 Å². The van der Waals surface area contributed by atoms with E-state index in [2.05, 4.69) is 4.98 Å². The molecule has 0 saturated heterocycles. The van der Waals surface area contributed by atoms with Crippen molar-refractivity contribution in [2.75, 3.05) is 11.8 Å². The van der Waals surface area contributed by atoms with Gasteiger partial charge in [-0.15, -0.1) is 0 Å². The number of anilines is 1. The molecule has 2 aromatic carbocycles. The van der Waals surface area contributed by atoms with E-state index in [-0.39, 0.29) is 12.5 Å². The van der Waals surface area contributed by atoms with Crippen molar-refractivity contribution in [1.29, 1.82) is 0 Å². The molecule has 0 bridgehead atoms. The molecule has 3 aromatic rings. The highest BCUT2D eigenvalue weighted by Crippen LogP contribution is 2.33. The highest BCUT2D eigenvalue weighted by atomic mass is 19.1. The Morgan fingerprint density at radius 3 is 2.52 bits per heavy atom. The highest BCUT2D eigenvalue weighted by Gasteiger charge is 2.19. The molecular weight excluding hydrogens is 347 g/mol. The maximum absolute atomic E-state index is 12.7. The molecule has 1 aromatic heterocycles. The zero-order valence-electron chi connectivity index (χ0n) is 14.8. The topological polar surface area (TPSA) is 51.7 Å². The molecule has 0 aliphatic heterocycles. The van der Waals surface area contributed by atoms with Crippen LogP contribution in [-0.4, -0.2) is 17.8 Å². The third kappa shape index (κ3) is 4.61. The zero-order valence-corrected chi connectivity index (χ0v) is 14.8. The number of carbonyl (C=O) groups excluding carboxylic acids is 1. The molecule has 1 amide bonds. The van der Waals surface area contributed by atoms with Crippen LogP contribution in [0.15, 0.2) is 73.1 Å². The van der Waals surface area contributed by atoms with Gasteiger partial charge in [-0.1, -0.05) is 36.4 Å². The molecule has 0 N–H and O–H groups in total. The van der Waals surface area contributed by atoms with Crippen LogP contribution >= 0.6 is 0 Å². The number of alkyl halides is 1. The maximum Gasteiger partial charge on any atom is 0.228 e. The van der Waals surface area contributed by atoms with Crippen molar-refractivity contribution in [3.8, 4) is 17.2 Å². The molecule has 138 valence electrons. The molecule has 1 heterocycles. The van der Waals surface area contributed by atoms with Crippen LogP contribution in [0.2, 0.25) is 0 Å². The lowest BCUT2D eigenvalue weighted by atomic mass is 10.1. The summed E-state index contributed by atoms with van der Waals surface area (Å²) < 4.78 is 23.6. The van der Waals surface area contributed by atoms with Gasteiger partial charge in [0.15, 0.2) is 5.75 Å². The van der Waals surface area contributed by atoms with Crippen molar-refractivity contribution in [2.45, 2.75) is 13.5 Å². The molecule has 0 radical (unpaired) electrons. The van der Waals surface area contributed by atoms with Crippen LogP contribution in [0.4, 0.5) is 10.1 Å². The van der Waals surface area contributed by atoms with E-state index < -0.39 is 6.86 Å². The van der Waals surface area contributed by atoms with Crippen molar-refractivity contribution in [1.82, 2.24) is 4.98 Å². The number of para-hydroxylation sites is 2. The summed E-state index contributed by atoms with van der Waals surface area (Å²) in [7, 11) is 0. The molecule has 5 nitrogen and oxygen atoms in total. The molecule has 0 spiro atoms. The van der Waals surface area contributed by atoms with Crippen LogP contribution in [0.5, 0.6) is 17.2 Å². The normalized spacial score (nSPS) is 10.3. The summed E-state index contributed by atoms with van der Waals surface area (Å²) in [5, 5.41) is 0. The first kappa shape index (κ1) is 18.4. The average Bonchev–Trinajstić information content (AvgIpc) is 2.69. The summed E-state index contributed by atoms with van der Waals surface area (Å²) in [6, 6.07) is 18.0. The summed E-state index contributed by atoms with van der Waals surface area (Å²) in [4.78, 5) is 18.0. The van der Waals surface area contributed by atoms with Gasteiger partial charge in [-0.05, 0) is 18.2 Å². The number of rotatable bonds is 7. The molecule has 0 saturated carbocycles. The van der Waals surface area contributed by atoms with E-state index in [1.807, 2.05) is 36.4 Å². The first-order valence-electron chi connectivity index (χ1n) is 8.40. The van der Waals surface area contributed by atoms with Gasteiger partial charge < -0.3 is 14.4 Å². The van der Waals surface area contributed by atoms with Crippen molar-refractivity contribution in [3.63, 3.8) is 0 Å². The Labute approximate surface area is 157 Å². The predicted molar refractivity (Wildman–Crippen MR) is 101 cm³/mol. The summed E-state index contributed by atoms with van der Waals surface area (Å²) in [5.41, 5.74) is 1.20. The number of halogens is 1. The third-order valence-electron chi connectivity index (χ3n) is 3.91. The van der Waals surface area contributed by atoms with Crippen molar-refractivity contribution >= 4 is 11.6 Å². The quantitative estimate of drug-likeness (QED) is 0.606. The summed E-state index contributed by atoms with van der Waals surface area (Å²) in [5.74, 6) is 1.33. The number of amides is 1. The second-order valence-corrected chi connectivity index (χ2v) is 5.72. The van der Waals surface area contributed by atoms with Crippen molar-refractivity contribution in [3.05, 3.63) is 78.6 Å². The number of pyridine rings is 1. The van der Waals surface area contributed by atoms with E-state index in [0.29, 0.717) is 28.5 Å². The fourth-order valence-corrected chi connectivity index (χ4v) is 2.65. The Morgan fingerprint density at radius 1 is 1.04 bits per heavy atom. The second kappa shape index (κ2) is 8.80. The molecule has 0 unspecified atom stereocenters. The Bertz CT molecular complexity index is 903. The molecule has 0 aliphatic rings. The van der Waals surface area contributed by atoms with Crippen LogP contribution in [0.3, 0.4) is 0 Å². The fraction of sp³-hybridized carbons (Fsp3) is 0.143. The Hall–Kier alpha value is -3.41. The van der Waals surface area contributed by atoms with Gasteiger partial charge in [0.2, 0.25) is 12.8 Å². The van der Waals surface area contributed by atoms with E-state index in [9.17, 15) is 9.18 Å². The van der Waals surface area contributed by atoms with E-state index in [0.717, 1.165) is 0 Å². The van der Waals surface area contributed by atoms with Crippen LogP contribution in [-0.2, 0) is 11.3 Å². The number of aromatic nitrogens is 1.